The Morgan fingerprint density at radius 3 is 1.63 bits per heavy atom. The molecule has 0 saturated carbocycles. The zero-order valence-electron chi connectivity index (χ0n) is 38.7. The normalized spacial score (nSPS) is 11.7. The molecule has 60 heavy (non-hydrogen) atoms. The average Bonchev–Trinajstić information content (AvgIpc) is 3.25. The molecule has 0 rings (SSSR count). The van der Waals surface area contributed by atoms with Gasteiger partial charge in [0.1, 0.15) is 33.0 Å². The van der Waals surface area contributed by atoms with Crippen molar-refractivity contribution < 1.29 is 42.8 Å². The number of nitrogens with zero attached hydrogens (tertiary/aromatic N) is 1. The molecular formula is C50H85NO9. The fourth-order valence-corrected chi connectivity index (χ4v) is 5.93. The highest BCUT2D eigenvalue weighted by Crippen LogP contribution is 2.12. The van der Waals surface area contributed by atoms with Crippen LogP contribution >= 0.6 is 0 Å². The molecule has 344 valence electrons. The molecule has 0 bridgehead atoms. The van der Waals surface area contributed by atoms with Gasteiger partial charge in [-0.3, -0.25) is 9.59 Å². The average molecular weight is 844 g/mol. The number of unbranched alkanes of at least 4 members (excludes halogenated alkanes) is 14. The topological polar surface area (TPSA) is 110 Å². The number of esters is 2. The van der Waals surface area contributed by atoms with Crippen molar-refractivity contribution in [2.24, 2.45) is 5.92 Å². The zero-order valence-corrected chi connectivity index (χ0v) is 38.7. The molecule has 0 aromatic heterocycles. The smallest absolute Gasteiger partial charge is 0.465 e. The van der Waals surface area contributed by atoms with Crippen LogP contribution in [0, 0.1) is 29.6 Å². The van der Waals surface area contributed by atoms with Crippen molar-refractivity contribution in [3.05, 3.63) is 24.3 Å². The lowest BCUT2D eigenvalue weighted by Gasteiger charge is -2.19. The predicted octanol–water partition coefficient (Wildman–Crippen LogP) is 11.7. The molecule has 0 aromatic carbocycles. The number of carbonyl (C=O) groups excluding carboxylic acids is 3. The summed E-state index contributed by atoms with van der Waals surface area (Å²) in [5, 5.41) is 0. The number of carbonyl (C=O) groups is 3. The lowest BCUT2D eigenvalue weighted by atomic mass is 10.1. The fraction of sp³-hybridized carbons (Fsp3) is 0.780. The molecule has 0 aliphatic heterocycles. The Kier molecular flexibility index (Phi) is 42.7. The van der Waals surface area contributed by atoms with Gasteiger partial charge in [0, 0.05) is 32.2 Å². The maximum absolute atomic E-state index is 12.9. The van der Waals surface area contributed by atoms with Gasteiger partial charge < -0.3 is 33.3 Å². The molecule has 10 heteroatoms. The maximum Gasteiger partial charge on any atom is 0.508 e. The van der Waals surface area contributed by atoms with Gasteiger partial charge in [-0.15, -0.1) is 11.8 Å². The van der Waals surface area contributed by atoms with Crippen LogP contribution in [-0.4, -0.2) is 88.6 Å². The van der Waals surface area contributed by atoms with Crippen LogP contribution in [0.5, 0.6) is 0 Å². The van der Waals surface area contributed by atoms with E-state index in [1.165, 1.54) is 25.7 Å². The van der Waals surface area contributed by atoms with Gasteiger partial charge in [0.05, 0.1) is 18.9 Å². The summed E-state index contributed by atoms with van der Waals surface area (Å²) in [5.74, 6) is 11.0. The largest absolute Gasteiger partial charge is 0.508 e. The Hall–Kier alpha value is -3.31. The minimum absolute atomic E-state index is 0.0350. The van der Waals surface area contributed by atoms with Gasteiger partial charge in [-0.25, -0.2) is 4.79 Å². The minimum Gasteiger partial charge on any atom is -0.465 e. The highest BCUT2D eigenvalue weighted by atomic mass is 16.7. The third kappa shape index (κ3) is 40.1. The molecule has 0 aliphatic rings. The molecule has 0 aromatic rings. The van der Waals surface area contributed by atoms with Gasteiger partial charge in [0.2, 0.25) is 0 Å². The second-order valence-corrected chi connectivity index (χ2v) is 15.2. The molecule has 0 aliphatic carbocycles. The Morgan fingerprint density at radius 1 is 0.533 bits per heavy atom. The van der Waals surface area contributed by atoms with E-state index in [1.54, 1.807) is 0 Å². The molecule has 1 unspecified atom stereocenters. The molecular weight excluding hydrogens is 759 g/mol. The number of hydrogen-bond acceptors (Lipinski definition) is 10. The summed E-state index contributed by atoms with van der Waals surface area (Å²) in [7, 11) is 0. The number of rotatable bonds is 39. The highest BCUT2D eigenvalue weighted by Gasteiger charge is 2.20. The Balaban J connectivity index is 4.93. The van der Waals surface area contributed by atoms with E-state index in [0.717, 1.165) is 116 Å². The van der Waals surface area contributed by atoms with E-state index in [9.17, 15) is 14.4 Å². The van der Waals surface area contributed by atoms with Crippen LogP contribution in [0.25, 0.3) is 0 Å². The Morgan fingerprint density at radius 2 is 1.05 bits per heavy atom. The Labute approximate surface area is 366 Å². The first-order chi connectivity index (χ1) is 29.4. The van der Waals surface area contributed by atoms with E-state index in [-0.39, 0.29) is 58.5 Å². The van der Waals surface area contributed by atoms with E-state index in [4.69, 9.17) is 28.4 Å². The van der Waals surface area contributed by atoms with Crippen molar-refractivity contribution in [3.8, 4) is 23.7 Å². The minimum atomic E-state index is -0.804. The standard InChI is InChI=1S/C50H85NO9/c1-6-11-14-17-20-21-22-23-24-25-26-27-28-29-32-36-47(52)58-43-46(45-60-50(54)57-42-35-39-51(9-4)10-5)44-59-48(53)37-38-49(55-40-33-30-18-15-12-7-2)56-41-34-31-19-16-13-8-3/h20-21,23-24,46,49H,6-19,22,25-29,32,35-45H2,1-5H3/b21-20-,24-23-. The van der Waals surface area contributed by atoms with Crippen LogP contribution in [0.3, 0.4) is 0 Å². The van der Waals surface area contributed by atoms with Gasteiger partial charge in [0.15, 0.2) is 6.29 Å². The van der Waals surface area contributed by atoms with Crippen molar-refractivity contribution in [2.45, 2.75) is 189 Å². The van der Waals surface area contributed by atoms with Crippen LogP contribution in [0.4, 0.5) is 4.79 Å². The van der Waals surface area contributed by atoms with Crippen LogP contribution in [-0.2, 0) is 38.0 Å². The fourth-order valence-electron chi connectivity index (χ4n) is 5.93. The summed E-state index contributed by atoms with van der Waals surface area (Å²) in [6.45, 7) is 13.8. The van der Waals surface area contributed by atoms with Crippen molar-refractivity contribution >= 4 is 18.1 Å². The van der Waals surface area contributed by atoms with Gasteiger partial charge in [-0.05, 0) is 70.9 Å². The zero-order chi connectivity index (χ0) is 44.0. The van der Waals surface area contributed by atoms with E-state index in [1.807, 2.05) is 0 Å². The van der Waals surface area contributed by atoms with E-state index in [2.05, 4.69) is 87.5 Å². The monoisotopic (exact) mass is 844 g/mol. The van der Waals surface area contributed by atoms with Crippen LogP contribution in [0.2, 0.25) is 0 Å². The third-order valence-corrected chi connectivity index (χ3v) is 9.79. The molecule has 0 radical (unpaired) electrons. The van der Waals surface area contributed by atoms with Gasteiger partial charge in [-0.2, -0.15) is 0 Å². The van der Waals surface area contributed by atoms with E-state index >= 15 is 0 Å². The van der Waals surface area contributed by atoms with Gasteiger partial charge in [-0.1, -0.05) is 129 Å². The van der Waals surface area contributed by atoms with Crippen molar-refractivity contribution in [2.75, 3.05) is 59.3 Å². The number of hydrogen-bond donors (Lipinski definition) is 0. The molecule has 0 fully saturated rings. The van der Waals surface area contributed by atoms with Crippen LogP contribution < -0.4 is 0 Å². The molecule has 0 N–H and O–H groups in total. The summed E-state index contributed by atoms with van der Waals surface area (Å²) in [5.41, 5.74) is 0. The van der Waals surface area contributed by atoms with Crippen molar-refractivity contribution in [1.29, 1.82) is 0 Å². The van der Waals surface area contributed by atoms with Crippen LogP contribution in [0.15, 0.2) is 24.3 Å². The highest BCUT2D eigenvalue weighted by molar-refractivity contribution is 5.69. The van der Waals surface area contributed by atoms with Gasteiger partial charge >= 0.3 is 18.1 Å². The van der Waals surface area contributed by atoms with Crippen LogP contribution in [0.1, 0.15) is 182 Å². The summed E-state index contributed by atoms with van der Waals surface area (Å²) in [6.07, 6.45) is 29.3. The second-order valence-electron chi connectivity index (χ2n) is 15.2. The quantitative estimate of drug-likeness (QED) is 0.0148. The van der Waals surface area contributed by atoms with Crippen molar-refractivity contribution in [1.82, 2.24) is 4.90 Å². The van der Waals surface area contributed by atoms with Gasteiger partial charge in [0.25, 0.3) is 0 Å². The summed E-state index contributed by atoms with van der Waals surface area (Å²) < 4.78 is 33.5. The molecule has 10 nitrogen and oxygen atoms in total. The first kappa shape index (κ1) is 56.7. The Bertz CT molecular complexity index is 1180. The lowest BCUT2D eigenvalue weighted by molar-refractivity contribution is -0.155. The predicted molar refractivity (Wildman–Crippen MR) is 243 cm³/mol. The molecule has 0 heterocycles. The van der Waals surface area contributed by atoms with E-state index < -0.39 is 24.3 Å². The second kappa shape index (κ2) is 45.2. The first-order valence-electron chi connectivity index (χ1n) is 23.7. The summed E-state index contributed by atoms with van der Waals surface area (Å²) >= 11 is 0. The maximum atomic E-state index is 12.9. The lowest BCUT2D eigenvalue weighted by Crippen LogP contribution is -2.27. The summed E-state index contributed by atoms with van der Waals surface area (Å²) in [4.78, 5) is 40.1. The third-order valence-electron chi connectivity index (χ3n) is 9.79. The molecule has 0 saturated heterocycles. The first-order valence-corrected chi connectivity index (χ1v) is 23.7. The number of ether oxygens (including phenoxy) is 6. The SMILES string of the molecule is CCCCCC#CCOC(CCC(=O)OCC(COC(=O)CCCCCCC/C=C\C/C=C\CCCCC)COC(=O)OCCCN(CC)CC)OCC#CCCCCC. The van der Waals surface area contributed by atoms with E-state index in [0.29, 0.717) is 12.8 Å². The molecule has 0 amide bonds. The van der Waals surface area contributed by atoms with Crippen molar-refractivity contribution in [3.63, 3.8) is 0 Å². The molecule has 0 spiro atoms. The summed E-state index contributed by atoms with van der Waals surface area (Å²) in [6, 6.07) is 0. The number of allylic oxidation sites excluding steroid dienone is 4. The molecule has 1 atom stereocenters.